The third kappa shape index (κ3) is 33.6. The van der Waals surface area contributed by atoms with Gasteiger partial charge in [0.2, 0.25) is 44.9 Å². The average molecular weight is 1470 g/mol. The molecule has 1 fully saturated rings. The van der Waals surface area contributed by atoms with Crippen LogP contribution in [0, 0.1) is 0 Å². The number of ether oxygens (including phenoxy) is 2. The van der Waals surface area contributed by atoms with E-state index in [0.717, 1.165) is 0 Å². The van der Waals surface area contributed by atoms with Gasteiger partial charge in [0.05, 0.1) is 65.4 Å². The lowest BCUT2D eigenvalue weighted by molar-refractivity contribution is -0.145. The van der Waals surface area contributed by atoms with Gasteiger partial charge in [0.25, 0.3) is 10.0 Å². The van der Waals surface area contributed by atoms with E-state index in [2.05, 4.69) is 42.1 Å². The molecular weight excluding hydrogens is 1370 g/mol. The Hall–Kier alpha value is -9.26. The van der Waals surface area contributed by atoms with Crippen LogP contribution in [-0.4, -0.2) is 287 Å². The van der Waals surface area contributed by atoms with Crippen molar-refractivity contribution in [3.63, 3.8) is 0 Å². The summed E-state index contributed by atoms with van der Waals surface area (Å²) in [5.41, 5.74) is 6.88. The largest absolute Gasteiger partial charge is 0.508 e. The molecule has 0 bridgehead atoms. The van der Waals surface area contributed by atoms with Gasteiger partial charge < -0.3 is 87.9 Å². The summed E-state index contributed by atoms with van der Waals surface area (Å²) in [7, 11) is -4.11. The molecule has 1 aliphatic heterocycles. The van der Waals surface area contributed by atoms with E-state index >= 15 is 0 Å². The van der Waals surface area contributed by atoms with E-state index in [-0.39, 0.29) is 192 Å². The van der Waals surface area contributed by atoms with Crippen molar-refractivity contribution in [1.82, 2.24) is 61.4 Å². The molecule has 6 amide bonds. The number of carboxylic acid groups (broad SMARTS) is 5. The smallest absolute Gasteiger partial charge is 0.326 e. The van der Waals surface area contributed by atoms with Crippen molar-refractivity contribution in [2.24, 2.45) is 16.7 Å². The predicted molar refractivity (Wildman–Crippen MR) is 359 cm³/mol. The highest BCUT2D eigenvalue weighted by atomic mass is 32.2. The first-order valence-corrected chi connectivity index (χ1v) is 34.5. The number of aromatic hydroxyl groups is 2. The number of aliphatic carboxylic acids is 5. The van der Waals surface area contributed by atoms with E-state index < -0.39 is 110 Å². The fraction of sp³-hybridized carbons (Fsp3) is 0.557. The van der Waals surface area contributed by atoms with Crippen molar-refractivity contribution in [3.05, 3.63) is 71.6 Å². The second-order valence-electron chi connectivity index (χ2n) is 23.8. The van der Waals surface area contributed by atoms with Crippen molar-refractivity contribution in [2.75, 3.05) is 130 Å². The molecule has 19 N–H and O–H groups in total. The summed E-state index contributed by atoms with van der Waals surface area (Å²) in [5, 5.41) is 96.4. The molecule has 2 aromatic carbocycles. The molecule has 0 saturated carbocycles. The molecule has 1 aliphatic rings. The highest BCUT2D eigenvalue weighted by Gasteiger charge is 2.33. The third-order valence-corrected chi connectivity index (χ3v) is 17.8. The number of allylic oxidation sites excluding steroid dienone is 1. The van der Waals surface area contributed by atoms with Gasteiger partial charge in [-0.25, -0.2) is 29.0 Å². The quantitative estimate of drug-likeness (QED) is 0.0115. The molecule has 1 saturated heterocycles. The van der Waals surface area contributed by atoms with Crippen LogP contribution >= 0.6 is 11.3 Å². The number of phenolic OH excluding ortho intramolecular Hbond substituents is 2. The zero-order valence-electron chi connectivity index (χ0n) is 55.9. The van der Waals surface area contributed by atoms with Gasteiger partial charge >= 0.3 is 29.8 Å². The molecule has 38 nitrogen and oxygen atoms in total. The van der Waals surface area contributed by atoms with Crippen LogP contribution in [0.1, 0.15) is 82.3 Å². The van der Waals surface area contributed by atoms with Gasteiger partial charge in [-0.15, -0.1) is 10.2 Å². The molecule has 2 heterocycles. The molecule has 3 atom stereocenters. The molecule has 101 heavy (non-hydrogen) atoms. The molecule has 4 rings (SSSR count). The Labute approximate surface area is 585 Å². The van der Waals surface area contributed by atoms with Crippen LogP contribution < -0.4 is 48.6 Å². The minimum absolute atomic E-state index is 0.0109. The lowest BCUT2D eigenvalue weighted by Crippen LogP contribution is -2.51. The monoisotopic (exact) mass is 1460 g/mol. The Balaban J connectivity index is 1.30. The number of aromatic nitrogens is 2. The molecular formula is C61H92N16O22S2. The van der Waals surface area contributed by atoms with Crippen LogP contribution in [-0.2, 0) is 77.7 Å². The van der Waals surface area contributed by atoms with Gasteiger partial charge in [-0.1, -0.05) is 42.5 Å². The molecule has 0 spiro atoms. The number of primary sulfonamides is 1. The number of nitrogens with two attached hydrogens (primary N) is 3. The lowest BCUT2D eigenvalue weighted by Gasteiger charge is -2.32. The third-order valence-electron chi connectivity index (χ3n) is 15.7. The van der Waals surface area contributed by atoms with E-state index in [1.54, 1.807) is 43.9 Å². The zero-order chi connectivity index (χ0) is 74.7. The fourth-order valence-corrected chi connectivity index (χ4v) is 11.6. The summed E-state index contributed by atoms with van der Waals surface area (Å²) in [4.78, 5) is 146. The fourth-order valence-electron chi connectivity index (χ4n) is 10.3. The van der Waals surface area contributed by atoms with Crippen molar-refractivity contribution in [3.8, 4) is 11.5 Å². The van der Waals surface area contributed by atoms with Crippen molar-refractivity contribution >= 4 is 91.8 Å². The normalized spacial score (nSPS) is 14.9. The number of hydrogen-bond donors (Lipinski definition) is 16. The number of carbonyl (C=O) groups excluding carboxylic acids is 6. The number of hydrazine groups is 1. The average Bonchev–Trinajstić information content (AvgIpc) is 1.41. The topological polar surface area (TPSA) is 574 Å². The second-order valence-corrected chi connectivity index (χ2v) is 26.5. The number of carboxylic acids is 5. The van der Waals surface area contributed by atoms with Crippen LogP contribution in [0.25, 0.3) is 0 Å². The highest BCUT2D eigenvalue weighted by molar-refractivity contribution is 7.91. The van der Waals surface area contributed by atoms with Crippen molar-refractivity contribution < 1.29 is 106 Å². The highest BCUT2D eigenvalue weighted by Crippen LogP contribution is 2.38. The number of benzene rings is 2. The van der Waals surface area contributed by atoms with E-state index in [1.165, 1.54) is 35.5 Å². The van der Waals surface area contributed by atoms with Crippen LogP contribution in [0.4, 0.5) is 5.13 Å². The number of rotatable bonds is 44. The molecule has 0 radical (unpaired) electrons. The summed E-state index contributed by atoms with van der Waals surface area (Å²) in [5.74, 6) is -4.98. The molecule has 0 aliphatic carbocycles. The first kappa shape index (κ1) is 84.2. The van der Waals surface area contributed by atoms with Crippen LogP contribution in [0.15, 0.2) is 64.8 Å². The second kappa shape index (κ2) is 43.4. The van der Waals surface area contributed by atoms with Gasteiger partial charge in [0.15, 0.2) is 0 Å². The SMILES string of the molecule is CC(CCC(=O)N[C@@H](CC(=O)N[C@@H](CC(=O)N[C@@H](CCCCN(N)/C=C(\N)CCCC(=O)Nc1nnc(S(N)(=O)=O)s1)C(=O)NCCOCCOCCNC(=O)CN1CCN(CC(=O)O)CCN(CC(=O)O)CCN(CC(=O)O)CC1)C(=O)O)C(=O)O)(c1ccc(O)cc1)c1ccc(O)cc1. The molecule has 40 heteroatoms. The Morgan fingerprint density at radius 2 is 1.03 bits per heavy atom. The van der Waals surface area contributed by atoms with E-state index in [0.29, 0.717) is 34.6 Å². The Kier molecular flexibility index (Phi) is 36.2. The molecule has 3 aromatic rings. The number of carbonyl (C=O) groups is 11. The number of amides is 6. The van der Waals surface area contributed by atoms with Crippen LogP contribution in [0.2, 0.25) is 0 Å². The minimum atomic E-state index is -4.11. The number of anilines is 1. The molecule has 560 valence electrons. The molecule has 0 unspecified atom stereocenters. The standard InChI is InChI=1S/C61H92N16O22S2/c1-61(40-8-12-43(78)13-9-40,41-10-14-44(79)15-11-41)17-16-49(81)68-46(57(92)93)33-51(83)69-47(58(94)95)34-50(82)67-45(6-2-3-20-77(63)35-42(62)5-4-7-48(80)70-59-71-72-60(100-59)101(64,96)97)56(91)66-19-30-99-32-31-98-29-18-65-52(84)36-73-21-23-74(37-53(85)86)25-27-76(39-55(89)90)28-26-75(24-22-73)38-54(87)88/h8-15,35,45-47,78-79H,2-7,16-34,36-39,62-63H2,1H3,(H,65,84)(H,66,91)(H,67,82)(H,68,81)(H,69,83)(H,85,86)(H,87,88)(H,89,90)(H,92,93)(H,94,95)(H2,64,96,97)(H,70,71,80)/b42-35-/t45-,46-,47-/m0/s1. The first-order chi connectivity index (χ1) is 47.8. The summed E-state index contributed by atoms with van der Waals surface area (Å²) >= 11 is 0.578. The number of phenols is 2. The van der Waals surface area contributed by atoms with Crippen LogP contribution in [0.5, 0.6) is 11.5 Å². The summed E-state index contributed by atoms with van der Waals surface area (Å²) in [6.45, 7) is 2.84. The van der Waals surface area contributed by atoms with Gasteiger partial charge in [0, 0.05) is 102 Å². The Morgan fingerprint density at radius 3 is 1.48 bits per heavy atom. The number of nitrogens with one attached hydrogen (secondary N) is 6. The number of hydrogen-bond acceptors (Lipinski definition) is 27. The summed E-state index contributed by atoms with van der Waals surface area (Å²) in [6, 6.07) is 7.33. The predicted octanol–water partition coefficient (Wildman–Crippen LogP) is -3.22. The van der Waals surface area contributed by atoms with Gasteiger partial charge in [-0.2, -0.15) is 0 Å². The maximum atomic E-state index is 13.7. The number of unbranched alkanes of at least 4 members (excludes halogenated alkanes) is 1. The van der Waals surface area contributed by atoms with Gasteiger partial charge in [0.1, 0.15) is 29.6 Å². The van der Waals surface area contributed by atoms with Gasteiger partial charge in [-0.05, 0) is 73.9 Å². The first-order valence-electron chi connectivity index (χ1n) is 32.1. The number of sulfonamides is 1. The summed E-state index contributed by atoms with van der Waals surface area (Å²) in [6.07, 6.45) is 0.320. The molecule has 1 aromatic heterocycles. The minimum Gasteiger partial charge on any atom is -0.508 e. The number of nitrogens with zero attached hydrogens (tertiary/aromatic N) is 7. The van der Waals surface area contributed by atoms with Crippen molar-refractivity contribution in [2.45, 2.75) is 99.0 Å². The maximum Gasteiger partial charge on any atom is 0.326 e. The summed E-state index contributed by atoms with van der Waals surface area (Å²) < 4.78 is 33.7. The zero-order valence-corrected chi connectivity index (χ0v) is 57.5. The van der Waals surface area contributed by atoms with E-state index in [4.69, 9.17) is 26.2 Å². The Morgan fingerprint density at radius 1 is 0.584 bits per heavy atom. The van der Waals surface area contributed by atoms with Crippen molar-refractivity contribution in [1.29, 1.82) is 0 Å². The van der Waals surface area contributed by atoms with E-state index in [1.807, 2.05) is 6.92 Å². The lowest BCUT2D eigenvalue weighted by atomic mass is 9.73. The van der Waals surface area contributed by atoms with Gasteiger partial charge in [-0.3, -0.25) is 62.8 Å². The van der Waals surface area contributed by atoms with E-state index in [9.17, 15) is 96.9 Å². The maximum absolute atomic E-state index is 13.7. The van der Waals surface area contributed by atoms with Crippen LogP contribution in [0.3, 0.4) is 0 Å². The Bertz CT molecular complexity index is 3310.